The molecule has 3 rings (SSSR count). The molecule has 1 heterocycles. The second kappa shape index (κ2) is 10.5. The van der Waals surface area contributed by atoms with Crippen LogP contribution in [0.15, 0.2) is 65.7 Å². The molecule has 1 saturated heterocycles. The lowest BCUT2D eigenvalue weighted by Gasteiger charge is -2.21. The molecule has 1 atom stereocenters. The Kier molecular flexibility index (Phi) is 7.50. The number of rotatable bonds is 7. The minimum atomic E-state index is -0.00788. The number of benzene rings is 2. The predicted molar refractivity (Wildman–Crippen MR) is 119 cm³/mol. The average Bonchev–Trinajstić information content (AvgIpc) is 3.21. The number of likely N-dealkylation sites (N-methyl/N-ethyl adjacent to an activating group) is 1. The van der Waals surface area contributed by atoms with Crippen molar-refractivity contribution in [1.82, 2.24) is 15.5 Å². The molecule has 0 radical (unpaired) electrons. The van der Waals surface area contributed by atoms with Crippen molar-refractivity contribution in [3.8, 4) is 0 Å². The molecule has 29 heavy (non-hydrogen) atoms. The van der Waals surface area contributed by atoms with E-state index in [0.29, 0.717) is 12.0 Å². The van der Waals surface area contributed by atoms with Gasteiger partial charge >= 0.3 is 0 Å². The first-order valence-electron chi connectivity index (χ1n) is 10.2. The Morgan fingerprint density at radius 1 is 1.10 bits per heavy atom. The van der Waals surface area contributed by atoms with E-state index in [9.17, 15) is 4.79 Å². The largest absolute Gasteiger partial charge is 0.369 e. The minimum absolute atomic E-state index is 0.00788. The van der Waals surface area contributed by atoms with Gasteiger partial charge in [-0.25, -0.2) is 4.99 Å². The van der Waals surface area contributed by atoms with Crippen molar-refractivity contribution in [3.05, 3.63) is 66.2 Å². The number of carbonyl (C=O) groups excluding carboxylic acids is 1. The van der Waals surface area contributed by atoms with Gasteiger partial charge in [-0.1, -0.05) is 48.5 Å². The standard InChI is InChI=1S/C23H31N5O/c1-27(2)22(29)17-25-23(24-15-13-19-9-5-3-6-10-19)26-20-14-16-28(18-20)21-11-7-4-8-12-21/h3-12,20H,13-18H2,1-2H3,(H2,24,25,26). The molecule has 1 amide bonds. The lowest BCUT2D eigenvalue weighted by Crippen LogP contribution is -2.45. The van der Waals surface area contributed by atoms with Gasteiger partial charge in [-0.2, -0.15) is 0 Å². The van der Waals surface area contributed by atoms with Gasteiger partial charge in [0.15, 0.2) is 5.96 Å². The van der Waals surface area contributed by atoms with E-state index in [2.05, 4.69) is 69.1 Å². The number of anilines is 1. The SMILES string of the molecule is CN(C)C(=O)CN=C(NCCc1ccccc1)NC1CCN(c2ccccc2)C1. The topological polar surface area (TPSA) is 60.0 Å². The summed E-state index contributed by atoms with van der Waals surface area (Å²) in [5, 5.41) is 6.92. The maximum absolute atomic E-state index is 12.0. The molecule has 1 fully saturated rings. The molecule has 0 bridgehead atoms. The number of amides is 1. The van der Waals surface area contributed by atoms with Gasteiger partial charge in [0.1, 0.15) is 6.54 Å². The monoisotopic (exact) mass is 393 g/mol. The van der Waals surface area contributed by atoms with Crippen LogP contribution in [0.5, 0.6) is 0 Å². The molecule has 6 heteroatoms. The summed E-state index contributed by atoms with van der Waals surface area (Å²) >= 11 is 0. The summed E-state index contributed by atoms with van der Waals surface area (Å²) in [6, 6.07) is 21.1. The number of nitrogens with one attached hydrogen (secondary N) is 2. The molecule has 0 aromatic heterocycles. The third kappa shape index (κ3) is 6.52. The van der Waals surface area contributed by atoms with Crippen molar-refractivity contribution in [1.29, 1.82) is 0 Å². The number of guanidine groups is 1. The van der Waals surface area contributed by atoms with Crippen LogP contribution in [0.1, 0.15) is 12.0 Å². The number of nitrogens with zero attached hydrogens (tertiary/aromatic N) is 3. The summed E-state index contributed by atoms with van der Waals surface area (Å²) < 4.78 is 0. The van der Waals surface area contributed by atoms with Crippen LogP contribution in [0.4, 0.5) is 5.69 Å². The maximum Gasteiger partial charge on any atom is 0.243 e. The maximum atomic E-state index is 12.0. The van der Waals surface area contributed by atoms with Crippen LogP contribution in [0.2, 0.25) is 0 Å². The first-order chi connectivity index (χ1) is 14.1. The van der Waals surface area contributed by atoms with Crippen molar-refractivity contribution < 1.29 is 4.79 Å². The number of carbonyl (C=O) groups is 1. The molecule has 6 nitrogen and oxygen atoms in total. The summed E-state index contributed by atoms with van der Waals surface area (Å²) in [4.78, 5) is 20.4. The summed E-state index contributed by atoms with van der Waals surface area (Å²) in [6.07, 6.45) is 1.94. The van der Waals surface area contributed by atoms with Crippen molar-refractivity contribution in [2.75, 3.05) is 45.2 Å². The highest BCUT2D eigenvalue weighted by Gasteiger charge is 2.23. The first kappa shape index (κ1) is 20.7. The quantitative estimate of drug-likeness (QED) is 0.559. The molecule has 2 N–H and O–H groups in total. The van der Waals surface area contributed by atoms with Gasteiger partial charge in [0.05, 0.1) is 0 Å². The van der Waals surface area contributed by atoms with E-state index in [4.69, 9.17) is 0 Å². The second-order valence-electron chi connectivity index (χ2n) is 7.53. The van der Waals surface area contributed by atoms with Gasteiger partial charge in [0, 0.05) is 45.5 Å². The fourth-order valence-electron chi connectivity index (χ4n) is 3.36. The Morgan fingerprint density at radius 2 is 1.79 bits per heavy atom. The van der Waals surface area contributed by atoms with E-state index in [1.54, 1.807) is 19.0 Å². The zero-order chi connectivity index (χ0) is 20.5. The van der Waals surface area contributed by atoms with Gasteiger partial charge in [-0.3, -0.25) is 4.79 Å². The molecule has 0 aliphatic carbocycles. The van der Waals surface area contributed by atoms with Crippen LogP contribution in [-0.4, -0.2) is 63.1 Å². The van der Waals surface area contributed by atoms with Crippen molar-refractivity contribution >= 4 is 17.6 Å². The Labute approximate surface area is 173 Å². The van der Waals surface area contributed by atoms with E-state index < -0.39 is 0 Å². The summed E-state index contributed by atoms with van der Waals surface area (Å²) in [5.74, 6) is 0.697. The molecule has 154 valence electrons. The second-order valence-corrected chi connectivity index (χ2v) is 7.53. The molecular weight excluding hydrogens is 362 g/mol. The van der Waals surface area contributed by atoms with Gasteiger partial charge in [0.2, 0.25) is 5.91 Å². The highest BCUT2D eigenvalue weighted by molar-refractivity contribution is 5.85. The Morgan fingerprint density at radius 3 is 2.48 bits per heavy atom. The Hall–Kier alpha value is -3.02. The van der Waals surface area contributed by atoms with E-state index in [1.165, 1.54) is 11.3 Å². The third-order valence-corrected chi connectivity index (χ3v) is 5.07. The van der Waals surface area contributed by atoms with Gasteiger partial charge in [-0.05, 0) is 30.5 Å². The van der Waals surface area contributed by atoms with Crippen LogP contribution >= 0.6 is 0 Å². The normalized spacial score (nSPS) is 16.6. The molecule has 2 aromatic rings. The van der Waals surface area contributed by atoms with Crippen LogP contribution < -0.4 is 15.5 Å². The lowest BCUT2D eigenvalue weighted by atomic mass is 10.1. The summed E-state index contributed by atoms with van der Waals surface area (Å²) in [5.41, 5.74) is 2.52. The first-order valence-corrected chi connectivity index (χ1v) is 10.2. The fraction of sp³-hybridized carbons (Fsp3) is 0.391. The number of hydrogen-bond acceptors (Lipinski definition) is 3. The van der Waals surface area contributed by atoms with Crippen LogP contribution in [0.3, 0.4) is 0 Å². The predicted octanol–water partition coefficient (Wildman–Crippen LogP) is 2.13. The lowest BCUT2D eigenvalue weighted by molar-refractivity contribution is -0.127. The summed E-state index contributed by atoms with van der Waals surface area (Å²) in [6.45, 7) is 2.84. The molecule has 0 saturated carbocycles. The van der Waals surface area contributed by atoms with Crippen LogP contribution in [0.25, 0.3) is 0 Å². The smallest absolute Gasteiger partial charge is 0.243 e. The van der Waals surface area contributed by atoms with Crippen molar-refractivity contribution in [2.24, 2.45) is 4.99 Å². The van der Waals surface area contributed by atoms with Gasteiger partial charge < -0.3 is 20.4 Å². The Bertz CT molecular complexity index is 791. The fourth-order valence-corrected chi connectivity index (χ4v) is 3.36. The Balaban J connectivity index is 1.57. The van der Waals surface area contributed by atoms with E-state index in [1.807, 2.05) is 12.1 Å². The third-order valence-electron chi connectivity index (χ3n) is 5.07. The van der Waals surface area contributed by atoms with Gasteiger partial charge in [0.25, 0.3) is 0 Å². The molecular formula is C23H31N5O. The van der Waals surface area contributed by atoms with Crippen molar-refractivity contribution in [2.45, 2.75) is 18.9 Å². The zero-order valence-electron chi connectivity index (χ0n) is 17.3. The van der Waals surface area contributed by atoms with E-state index in [0.717, 1.165) is 32.5 Å². The zero-order valence-corrected chi connectivity index (χ0v) is 17.3. The highest BCUT2D eigenvalue weighted by Crippen LogP contribution is 2.19. The number of aliphatic imine (C=N–C) groups is 1. The number of hydrogen-bond donors (Lipinski definition) is 2. The van der Waals surface area contributed by atoms with Crippen LogP contribution in [0, 0.1) is 0 Å². The molecule has 2 aromatic carbocycles. The minimum Gasteiger partial charge on any atom is -0.369 e. The van der Waals surface area contributed by atoms with Crippen molar-refractivity contribution in [3.63, 3.8) is 0 Å². The summed E-state index contributed by atoms with van der Waals surface area (Å²) in [7, 11) is 3.50. The van der Waals surface area contributed by atoms with Crippen LogP contribution in [-0.2, 0) is 11.2 Å². The molecule has 1 aliphatic heterocycles. The molecule has 1 unspecified atom stereocenters. The number of para-hydroxylation sites is 1. The van der Waals surface area contributed by atoms with E-state index in [-0.39, 0.29) is 12.5 Å². The molecule has 1 aliphatic rings. The van der Waals surface area contributed by atoms with E-state index >= 15 is 0 Å². The average molecular weight is 394 g/mol. The molecule has 0 spiro atoms. The van der Waals surface area contributed by atoms with Gasteiger partial charge in [-0.15, -0.1) is 0 Å². The highest BCUT2D eigenvalue weighted by atomic mass is 16.2.